The highest BCUT2D eigenvalue weighted by Gasteiger charge is 1.94. The van der Waals surface area contributed by atoms with E-state index in [0.717, 1.165) is 5.56 Å². The maximum absolute atomic E-state index is 4.98. The van der Waals surface area contributed by atoms with E-state index in [1.165, 1.54) is 0 Å². The molecule has 66 valence electrons. The Morgan fingerprint density at radius 2 is 1.83 bits per heavy atom. The quantitative estimate of drug-likeness (QED) is 0.505. The maximum atomic E-state index is 4.98. The standard InChI is InChI=1S/C10H14O2/c1-9(2)12-11-8-10-6-4-3-5-7-10/h3-7,9H,8H2,1-2H3. The van der Waals surface area contributed by atoms with Crippen LogP contribution in [0.2, 0.25) is 0 Å². The zero-order valence-corrected chi connectivity index (χ0v) is 7.49. The lowest BCUT2D eigenvalue weighted by atomic mass is 10.2. The van der Waals surface area contributed by atoms with Gasteiger partial charge in [0, 0.05) is 0 Å². The molecule has 0 heterocycles. The molecule has 12 heavy (non-hydrogen) atoms. The average Bonchev–Trinajstić information content (AvgIpc) is 2.05. The summed E-state index contributed by atoms with van der Waals surface area (Å²) in [4.78, 5) is 9.93. The van der Waals surface area contributed by atoms with Gasteiger partial charge in [-0.15, -0.1) is 0 Å². The van der Waals surface area contributed by atoms with Crippen LogP contribution in [-0.4, -0.2) is 6.10 Å². The molecule has 0 N–H and O–H groups in total. The first-order valence-electron chi connectivity index (χ1n) is 4.11. The normalized spacial score (nSPS) is 10.6. The van der Waals surface area contributed by atoms with Crippen LogP contribution in [0.15, 0.2) is 30.3 Å². The summed E-state index contributed by atoms with van der Waals surface area (Å²) in [6.07, 6.45) is 0.119. The molecule has 0 bridgehead atoms. The van der Waals surface area contributed by atoms with Gasteiger partial charge in [0.2, 0.25) is 0 Å². The molecule has 0 spiro atoms. The smallest absolute Gasteiger partial charge is 0.107 e. The molecule has 0 fully saturated rings. The van der Waals surface area contributed by atoms with Crippen LogP contribution in [0.5, 0.6) is 0 Å². The fourth-order valence-corrected chi connectivity index (χ4v) is 0.812. The third kappa shape index (κ3) is 3.51. The average molecular weight is 166 g/mol. The molecular formula is C10H14O2. The molecule has 2 nitrogen and oxygen atoms in total. The van der Waals surface area contributed by atoms with Crippen molar-refractivity contribution in [3.63, 3.8) is 0 Å². The van der Waals surface area contributed by atoms with Gasteiger partial charge in [0.15, 0.2) is 0 Å². The predicted molar refractivity (Wildman–Crippen MR) is 47.5 cm³/mol. The molecular weight excluding hydrogens is 152 g/mol. The largest absolute Gasteiger partial charge is 0.234 e. The summed E-state index contributed by atoms with van der Waals surface area (Å²) in [6.45, 7) is 4.38. The Kier molecular flexibility index (Phi) is 3.77. The lowest BCUT2D eigenvalue weighted by Crippen LogP contribution is -2.03. The molecule has 0 aliphatic carbocycles. The second-order valence-electron chi connectivity index (χ2n) is 2.89. The van der Waals surface area contributed by atoms with Crippen molar-refractivity contribution >= 4 is 0 Å². The molecule has 0 atom stereocenters. The Morgan fingerprint density at radius 1 is 1.17 bits per heavy atom. The number of rotatable bonds is 4. The van der Waals surface area contributed by atoms with E-state index in [0.29, 0.717) is 6.61 Å². The van der Waals surface area contributed by atoms with Crippen molar-refractivity contribution in [3.8, 4) is 0 Å². The third-order valence-electron chi connectivity index (χ3n) is 1.33. The van der Waals surface area contributed by atoms with E-state index in [1.54, 1.807) is 0 Å². The summed E-state index contributed by atoms with van der Waals surface area (Å²) in [5, 5.41) is 0. The van der Waals surface area contributed by atoms with Crippen molar-refractivity contribution in [2.45, 2.75) is 26.6 Å². The lowest BCUT2D eigenvalue weighted by Gasteiger charge is -2.05. The molecule has 0 aromatic heterocycles. The Bertz CT molecular complexity index is 206. The SMILES string of the molecule is CC(C)OOCc1ccccc1. The molecule has 0 aliphatic rings. The molecule has 1 aromatic rings. The Labute approximate surface area is 73.0 Å². The Balaban J connectivity index is 2.25. The molecule has 0 aliphatic heterocycles. The van der Waals surface area contributed by atoms with Crippen molar-refractivity contribution in [3.05, 3.63) is 35.9 Å². The van der Waals surface area contributed by atoms with E-state index < -0.39 is 0 Å². The first kappa shape index (κ1) is 9.23. The lowest BCUT2D eigenvalue weighted by molar-refractivity contribution is -0.325. The minimum Gasteiger partial charge on any atom is -0.234 e. The van der Waals surface area contributed by atoms with Crippen LogP contribution in [0, 0.1) is 0 Å². The van der Waals surface area contributed by atoms with Crippen LogP contribution in [0.25, 0.3) is 0 Å². The van der Waals surface area contributed by atoms with Crippen molar-refractivity contribution < 1.29 is 9.78 Å². The topological polar surface area (TPSA) is 18.5 Å². The van der Waals surface area contributed by atoms with Crippen molar-refractivity contribution in [1.29, 1.82) is 0 Å². The minimum atomic E-state index is 0.119. The second-order valence-corrected chi connectivity index (χ2v) is 2.89. The molecule has 0 saturated carbocycles. The molecule has 0 radical (unpaired) electrons. The van der Waals surface area contributed by atoms with Gasteiger partial charge in [-0.2, -0.15) is 0 Å². The van der Waals surface area contributed by atoms with Gasteiger partial charge >= 0.3 is 0 Å². The molecule has 0 unspecified atom stereocenters. The van der Waals surface area contributed by atoms with Crippen LogP contribution in [0.4, 0.5) is 0 Å². The van der Waals surface area contributed by atoms with Gasteiger partial charge < -0.3 is 0 Å². The van der Waals surface area contributed by atoms with E-state index in [2.05, 4.69) is 0 Å². The van der Waals surface area contributed by atoms with Crippen molar-refractivity contribution in [2.75, 3.05) is 0 Å². The highest BCUT2D eigenvalue weighted by atomic mass is 17.2. The summed E-state index contributed by atoms with van der Waals surface area (Å²) in [5.74, 6) is 0. The molecule has 1 aromatic carbocycles. The van der Waals surface area contributed by atoms with Gasteiger partial charge in [0.25, 0.3) is 0 Å². The summed E-state index contributed by atoms with van der Waals surface area (Å²) >= 11 is 0. The fraction of sp³-hybridized carbons (Fsp3) is 0.400. The van der Waals surface area contributed by atoms with Crippen molar-refractivity contribution in [2.24, 2.45) is 0 Å². The first-order valence-corrected chi connectivity index (χ1v) is 4.11. The number of benzene rings is 1. The Morgan fingerprint density at radius 3 is 2.42 bits per heavy atom. The molecule has 1 rings (SSSR count). The monoisotopic (exact) mass is 166 g/mol. The zero-order chi connectivity index (χ0) is 8.81. The van der Waals surface area contributed by atoms with Gasteiger partial charge in [0.1, 0.15) is 6.61 Å². The van der Waals surface area contributed by atoms with E-state index in [1.807, 2.05) is 44.2 Å². The second kappa shape index (κ2) is 4.91. The van der Waals surface area contributed by atoms with Crippen LogP contribution in [0.1, 0.15) is 19.4 Å². The van der Waals surface area contributed by atoms with Gasteiger partial charge in [-0.05, 0) is 19.4 Å². The number of hydrogen-bond donors (Lipinski definition) is 0. The zero-order valence-electron chi connectivity index (χ0n) is 7.49. The molecule has 0 amide bonds. The van der Waals surface area contributed by atoms with Crippen molar-refractivity contribution in [1.82, 2.24) is 0 Å². The van der Waals surface area contributed by atoms with Crippen LogP contribution >= 0.6 is 0 Å². The van der Waals surface area contributed by atoms with Crippen LogP contribution in [0.3, 0.4) is 0 Å². The van der Waals surface area contributed by atoms with Gasteiger partial charge in [0.05, 0.1) is 6.10 Å². The van der Waals surface area contributed by atoms with Crippen LogP contribution in [-0.2, 0) is 16.4 Å². The number of hydrogen-bond acceptors (Lipinski definition) is 2. The van der Waals surface area contributed by atoms with E-state index in [9.17, 15) is 0 Å². The third-order valence-corrected chi connectivity index (χ3v) is 1.33. The molecule has 0 saturated heterocycles. The first-order chi connectivity index (χ1) is 5.79. The minimum absolute atomic E-state index is 0.119. The Hall–Kier alpha value is -0.860. The van der Waals surface area contributed by atoms with E-state index in [-0.39, 0.29) is 6.10 Å². The maximum Gasteiger partial charge on any atom is 0.107 e. The fourth-order valence-electron chi connectivity index (χ4n) is 0.812. The summed E-state index contributed by atoms with van der Waals surface area (Å²) in [6, 6.07) is 9.95. The highest BCUT2D eigenvalue weighted by molar-refractivity contribution is 5.13. The van der Waals surface area contributed by atoms with E-state index >= 15 is 0 Å². The summed E-state index contributed by atoms with van der Waals surface area (Å²) in [7, 11) is 0. The van der Waals surface area contributed by atoms with Gasteiger partial charge in [-0.25, -0.2) is 9.78 Å². The van der Waals surface area contributed by atoms with Crippen LogP contribution < -0.4 is 0 Å². The van der Waals surface area contributed by atoms with Gasteiger partial charge in [-0.3, -0.25) is 0 Å². The summed E-state index contributed by atoms with van der Waals surface area (Å²) in [5.41, 5.74) is 1.12. The highest BCUT2D eigenvalue weighted by Crippen LogP contribution is 2.01. The molecule has 2 heteroatoms. The predicted octanol–water partition coefficient (Wildman–Crippen LogP) is 2.54. The van der Waals surface area contributed by atoms with E-state index in [4.69, 9.17) is 9.78 Å². The van der Waals surface area contributed by atoms with Gasteiger partial charge in [-0.1, -0.05) is 30.3 Å². The summed E-state index contributed by atoms with van der Waals surface area (Å²) < 4.78 is 0.